The maximum absolute atomic E-state index is 11.7. The highest BCUT2D eigenvalue weighted by Crippen LogP contribution is 2.01. The van der Waals surface area contributed by atoms with Gasteiger partial charge >= 0.3 is 12.2 Å². The van der Waals surface area contributed by atoms with Gasteiger partial charge in [-0.05, 0) is 12.2 Å². The minimum atomic E-state index is -0.349. The molecule has 124 valence electrons. The van der Waals surface area contributed by atoms with Gasteiger partial charge in [-0.3, -0.25) is 0 Å². The van der Waals surface area contributed by atoms with Crippen molar-refractivity contribution in [1.29, 1.82) is 0 Å². The van der Waals surface area contributed by atoms with Gasteiger partial charge in [-0.1, -0.05) is 0 Å². The minimum absolute atomic E-state index is 0.158. The number of carbonyl (C=O) groups excluding carboxylic acids is 2. The summed E-state index contributed by atoms with van der Waals surface area (Å²) < 4.78 is 20.5. The van der Waals surface area contributed by atoms with E-state index >= 15 is 0 Å². The van der Waals surface area contributed by atoms with E-state index in [-0.39, 0.29) is 25.4 Å². The first-order valence-electron chi connectivity index (χ1n) is 7.41. The van der Waals surface area contributed by atoms with Crippen LogP contribution in [0.25, 0.3) is 0 Å². The molecule has 0 aromatic carbocycles. The Morgan fingerprint density at radius 1 is 0.773 bits per heavy atom. The summed E-state index contributed by atoms with van der Waals surface area (Å²) in [7, 11) is 0. The zero-order chi connectivity index (χ0) is 15.6. The normalized spacial score (nSPS) is 19.3. The molecule has 2 aliphatic rings. The van der Waals surface area contributed by atoms with Gasteiger partial charge in [-0.25, -0.2) is 9.59 Å². The third kappa shape index (κ3) is 5.53. The number of rotatable bonds is 4. The topological polar surface area (TPSA) is 77.5 Å². The van der Waals surface area contributed by atoms with Crippen molar-refractivity contribution in [2.24, 2.45) is 0 Å². The van der Waals surface area contributed by atoms with E-state index < -0.39 is 0 Å². The lowest BCUT2D eigenvalue weighted by atomic mass is 10.4. The fraction of sp³-hybridized carbons (Fsp3) is 0.714. The molecule has 0 radical (unpaired) electrons. The molecule has 0 spiro atoms. The van der Waals surface area contributed by atoms with Gasteiger partial charge in [0, 0.05) is 26.2 Å². The third-order valence-corrected chi connectivity index (χ3v) is 3.31. The van der Waals surface area contributed by atoms with Gasteiger partial charge in [0.1, 0.15) is 13.2 Å². The number of amides is 2. The van der Waals surface area contributed by atoms with Gasteiger partial charge < -0.3 is 28.7 Å². The van der Waals surface area contributed by atoms with Crippen molar-refractivity contribution < 1.29 is 28.5 Å². The van der Waals surface area contributed by atoms with Crippen LogP contribution in [-0.2, 0) is 18.9 Å². The van der Waals surface area contributed by atoms with Crippen molar-refractivity contribution in [2.45, 2.75) is 0 Å². The van der Waals surface area contributed by atoms with Gasteiger partial charge in [0.05, 0.1) is 26.4 Å². The van der Waals surface area contributed by atoms with Crippen molar-refractivity contribution >= 4 is 12.2 Å². The van der Waals surface area contributed by atoms with Crippen LogP contribution in [0.1, 0.15) is 0 Å². The molecule has 2 aliphatic heterocycles. The van der Waals surface area contributed by atoms with Crippen LogP contribution in [0.5, 0.6) is 0 Å². The quantitative estimate of drug-likeness (QED) is 0.703. The summed E-state index contributed by atoms with van der Waals surface area (Å²) in [6, 6.07) is 0. The molecule has 2 amide bonds. The Kier molecular flexibility index (Phi) is 6.98. The van der Waals surface area contributed by atoms with Gasteiger partial charge in [-0.15, -0.1) is 0 Å². The third-order valence-electron chi connectivity index (χ3n) is 3.31. The average molecular weight is 314 g/mol. The molecule has 2 fully saturated rings. The van der Waals surface area contributed by atoms with Crippen LogP contribution in [0.15, 0.2) is 12.2 Å². The van der Waals surface area contributed by atoms with Crippen LogP contribution in [0.4, 0.5) is 9.59 Å². The highest BCUT2D eigenvalue weighted by atomic mass is 16.6. The average Bonchev–Trinajstić information content (AvgIpc) is 2.59. The Labute approximate surface area is 129 Å². The number of ether oxygens (including phenoxy) is 4. The lowest BCUT2D eigenvalue weighted by Crippen LogP contribution is -2.41. The molecular formula is C14H22N2O6. The van der Waals surface area contributed by atoms with Crippen LogP contribution in [0.2, 0.25) is 0 Å². The SMILES string of the molecule is O=C(OC/C=C\COC(=O)N1CCOCC1)N1CCOCC1. The molecule has 8 nitrogen and oxygen atoms in total. The smallest absolute Gasteiger partial charge is 0.410 e. The summed E-state index contributed by atoms with van der Waals surface area (Å²) in [5.74, 6) is 0. The van der Waals surface area contributed by atoms with Gasteiger partial charge in [-0.2, -0.15) is 0 Å². The van der Waals surface area contributed by atoms with E-state index in [9.17, 15) is 9.59 Å². The van der Waals surface area contributed by atoms with E-state index in [1.807, 2.05) is 0 Å². The van der Waals surface area contributed by atoms with E-state index in [0.717, 1.165) is 0 Å². The van der Waals surface area contributed by atoms with E-state index in [1.165, 1.54) is 0 Å². The van der Waals surface area contributed by atoms with Crippen molar-refractivity contribution in [3.8, 4) is 0 Å². The molecular weight excluding hydrogens is 292 g/mol. The highest BCUT2D eigenvalue weighted by molar-refractivity contribution is 5.68. The fourth-order valence-corrected chi connectivity index (χ4v) is 2.05. The second kappa shape index (κ2) is 9.26. The van der Waals surface area contributed by atoms with E-state index in [4.69, 9.17) is 18.9 Å². The Morgan fingerprint density at radius 3 is 1.50 bits per heavy atom. The van der Waals surface area contributed by atoms with E-state index in [0.29, 0.717) is 52.6 Å². The molecule has 2 rings (SSSR count). The summed E-state index contributed by atoms with van der Waals surface area (Å²) in [6.45, 7) is 4.71. The lowest BCUT2D eigenvalue weighted by molar-refractivity contribution is 0.0292. The van der Waals surface area contributed by atoms with E-state index in [2.05, 4.69) is 0 Å². The molecule has 8 heteroatoms. The minimum Gasteiger partial charge on any atom is -0.445 e. The number of carbonyl (C=O) groups is 2. The zero-order valence-corrected chi connectivity index (χ0v) is 12.6. The Morgan fingerprint density at radius 2 is 1.14 bits per heavy atom. The van der Waals surface area contributed by atoms with Crippen LogP contribution in [-0.4, -0.2) is 87.8 Å². The van der Waals surface area contributed by atoms with Crippen molar-refractivity contribution in [2.75, 3.05) is 65.8 Å². The standard InChI is InChI=1S/C14H22N2O6/c17-13(15-3-9-19-10-4-15)21-7-1-2-8-22-14(18)16-5-11-20-12-6-16/h1-2H,3-12H2/b2-1-. The maximum Gasteiger partial charge on any atom is 0.410 e. The largest absolute Gasteiger partial charge is 0.445 e. The van der Waals surface area contributed by atoms with Gasteiger partial charge in [0.25, 0.3) is 0 Å². The molecule has 0 saturated carbocycles. The first kappa shape index (κ1) is 16.6. The summed E-state index contributed by atoms with van der Waals surface area (Å²) >= 11 is 0. The summed E-state index contributed by atoms with van der Waals surface area (Å²) in [6.07, 6.45) is 2.62. The molecule has 22 heavy (non-hydrogen) atoms. The molecule has 0 bridgehead atoms. The Balaban J connectivity index is 1.54. The second-order valence-electron chi connectivity index (χ2n) is 4.82. The number of hydrogen-bond donors (Lipinski definition) is 0. The molecule has 0 aromatic rings. The molecule has 2 heterocycles. The molecule has 0 N–H and O–H groups in total. The molecule has 0 aliphatic carbocycles. The summed E-state index contributed by atoms with van der Waals surface area (Å²) in [5.41, 5.74) is 0. The van der Waals surface area contributed by atoms with Crippen molar-refractivity contribution in [3.63, 3.8) is 0 Å². The van der Waals surface area contributed by atoms with E-state index in [1.54, 1.807) is 22.0 Å². The van der Waals surface area contributed by atoms with Crippen molar-refractivity contribution in [1.82, 2.24) is 9.80 Å². The number of hydrogen-bond acceptors (Lipinski definition) is 6. The van der Waals surface area contributed by atoms with Crippen LogP contribution >= 0.6 is 0 Å². The first-order chi connectivity index (χ1) is 10.8. The molecule has 0 aromatic heterocycles. The zero-order valence-electron chi connectivity index (χ0n) is 12.6. The molecule has 0 unspecified atom stereocenters. The number of nitrogens with zero attached hydrogens (tertiary/aromatic N) is 2. The monoisotopic (exact) mass is 314 g/mol. The molecule has 0 atom stereocenters. The van der Waals surface area contributed by atoms with Crippen LogP contribution in [0, 0.1) is 0 Å². The van der Waals surface area contributed by atoms with Gasteiger partial charge in [0.15, 0.2) is 0 Å². The highest BCUT2D eigenvalue weighted by Gasteiger charge is 2.18. The van der Waals surface area contributed by atoms with Gasteiger partial charge in [0.2, 0.25) is 0 Å². The summed E-state index contributed by atoms with van der Waals surface area (Å²) in [5, 5.41) is 0. The second-order valence-corrected chi connectivity index (χ2v) is 4.82. The lowest BCUT2D eigenvalue weighted by Gasteiger charge is -2.25. The Bertz CT molecular complexity index is 353. The predicted octanol–water partition coefficient (Wildman–Crippen LogP) is 0.480. The number of morpholine rings is 2. The Hall–Kier alpha value is -1.80. The van der Waals surface area contributed by atoms with Crippen LogP contribution in [0.3, 0.4) is 0 Å². The first-order valence-corrected chi connectivity index (χ1v) is 7.41. The molecule has 2 saturated heterocycles. The summed E-state index contributed by atoms with van der Waals surface area (Å²) in [4.78, 5) is 26.5. The maximum atomic E-state index is 11.7. The fourth-order valence-electron chi connectivity index (χ4n) is 2.05. The van der Waals surface area contributed by atoms with Crippen LogP contribution < -0.4 is 0 Å². The predicted molar refractivity (Wildman–Crippen MR) is 76.6 cm³/mol. The van der Waals surface area contributed by atoms with Crippen molar-refractivity contribution in [3.05, 3.63) is 12.2 Å².